The number of fused-ring (bicyclic) bond motifs is 1. The molecule has 2 aromatic rings. The lowest BCUT2D eigenvalue weighted by Gasteiger charge is -2.15. The number of rotatable bonds is 4. The van der Waals surface area contributed by atoms with Gasteiger partial charge >= 0.3 is 0 Å². The Morgan fingerprint density at radius 2 is 2.09 bits per heavy atom. The first-order valence-electron chi connectivity index (χ1n) is 7.51. The first kappa shape index (κ1) is 14.5. The average molecular weight is 297 g/mol. The molecule has 1 heterocycles. The Bertz CT molecular complexity index is 700. The molecule has 0 radical (unpaired) electrons. The van der Waals surface area contributed by atoms with E-state index in [0.29, 0.717) is 5.95 Å². The number of hydrogen-bond donors (Lipinski definition) is 1. The summed E-state index contributed by atoms with van der Waals surface area (Å²) in [5, 5.41) is 2.67. The van der Waals surface area contributed by atoms with Crippen LogP contribution in [0.4, 0.5) is 5.95 Å². The van der Waals surface area contributed by atoms with E-state index in [2.05, 4.69) is 21.4 Å². The van der Waals surface area contributed by atoms with E-state index < -0.39 is 6.10 Å². The molecule has 1 aliphatic carbocycles. The molecule has 22 heavy (non-hydrogen) atoms. The zero-order chi connectivity index (χ0) is 15.5. The summed E-state index contributed by atoms with van der Waals surface area (Å²) in [6, 6.07) is 7.83. The number of nitrogens with zero attached hydrogens (tertiary/aromatic N) is 2. The van der Waals surface area contributed by atoms with Gasteiger partial charge in [-0.25, -0.2) is 9.97 Å². The molecule has 0 saturated heterocycles. The highest BCUT2D eigenvalue weighted by molar-refractivity contribution is 5.92. The van der Waals surface area contributed by atoms with Crippen LogP contribution < -0.4 is 10.1 Å². The molecule has 114 valence electrons. The lowest BCUT2D eigenvalue weighted by atomic mass is 10.1. The van der Waals surface area contributed by atoms with Crippen LogP contribution in [-0.2, 0) is 17.6 Å². The van der Waals surface area contributed by atoms with Gasteiger partial charge < -0.3 is 4.74 Å². The summed E-state index contributed by atoms with van der Waals surface area (Å²) >= 11 is 0. The maximum atomic E-state index is 12.1. The number of ether oxygens (including phenoxy) is 1. The lowest BCUT2D eigenvalue weighted by molar-refractivity contribution is -0.122. The average Bonchev–Trinajstić information content (AvgIpc) is 2.94. The van der Waals surface area contributed by atoms with Crippen molar-refractivity contribution in [2.75, 3.05) is 5.32 Å². The van der Waals surface area contributed by atoms with Gasteiger partial charge in [-0.3, -0.25) is 10.1 Å². The van der Waals surface area contributed by atoms with Crippen molar-refractivity contribution in [2.24, 2.45) is 0 Å². The number of amides is 1. The highest BCUT2D eigenvalue weighted by atomic mass is 16.5. The van der Waals surface area contributed by atoms with Gasteiger partial charge in [-0.15, -0.1) is 0 Å². The van der Waals surface area contributed by atoms with E-state index in [1.807, 2.05) is 19.1 Å². The molecule has 1 aliphatic rings. The summed E-state index contributed by atoms with van der Waals surface area (Å²) in [5.74, 6) is 0.772. The minimum Gasteiger partial charge on any atom is -0.481 e. The number of carbonyl (C=O) groups excluding carboxylic acids is 1. The number of anilines is 1. The van der Waals surface area contributed by atoms with E-state index in [1.165, 1.54) is 17.5 Å². The highest BCUT2D eigenvalue weighted by Gasteiger charge is 2.17. The minimum absolute atomic E-state index is 0.258. The van der Waals surface area contributed by atoms with Crippen molar-refractivity contribution in [1.82, 2.24) is 9.97 Å². The third kappa shape index (κ3) is 3.24. The van der Waals surface area contributed by atoms with Gasteiger partial charge in [0.1, 0.15) is 5.75 Å². The summed E-state index contributed by atoms with van der Waals surface area (Å²) in [6.45, 7) is 3.57. The molecule has 1 aromatic carbocycles. The quantitative estimate of drug-likeness (QED) is 0.942. The normalized spacial score (nSPS) is 14.3. The maximum Gasteiger partial charge on any atom is 0.267 e. The Kier molecular flexibility index (Phi) is 4.04. The number of aryl methyl sites for hydroxylation is 3. The predicted octanol–water partition coefficient (Wildman–Crippen LogP) is 2.68. The van der Waals surface area contributed by atoms with Crippen LogP contribution in [0.3, 0.4) is 0 Å². The van der Waals surface area contributed by atoms with E-state index in [1.54, 1.807) is 19.2 Å². The molecule has 0 fully saturated rings. The van der Waals surface area contributed by atoms with Gasteiger partial charge in [-0.1, -0.05) is 6.07 Å². The van der Waals surface area contributed by atoms with E-state index in [9.17, 15) is 4.79 Å². The second-order valence-electron chi connectivity index (χ2n) is 5.56. The van der Waals surface area contributed by atoms with Crippen LogP contribution in [0.1, 0.15) is 30.2 Å². The molecule has 1 atom stereocenters. The summed E-state index contributed by atoms with van der Waals surface area (Å²) in [6.07, 6.45) is 4.42. The third-order valence-electron chi connectivity index (χ3n) is 3.78. The molecule has 0 saturated carbocycles. The number of nitrogens with one attached hydrogen (secondary N) is 1. The summed E-state index contributed by atoms with van der Waals surface area (Å²) < 4.78 is 5.74. The summed E-state index contributed by atoms with van der Waals surface area (Å²) in [4.78, 5) is 20.3. The van der Waals surface area contributed by atoms with Crippen LogP contribution in [0.5, 0.6) is 5.75 Å². The maximum absolute atomic E-state index is 12.1. The van der Waals surface area contributed by atoms with Gasteiger partial charge in [0, 0.05) is 11.9 Å². The van der Waals surface area contributed by atoms with Gasteiger partial charge in [0.15, 0.2) is 6.10 Å². The van der Waals surface area contributed by atoms with Gasteiger partial charge in [0.25, 0.3) is 5.91 Å². The van der Waals surface area contributed by atoms with Crippen LogP contribution in [0.15, 0.2) is 30.5 Å². The fraction of sp³-hybridized carbons (Fsp3) is 0.353. The third-order valence-corrected chi connectivity index (χ3v) is 3.78. The standard InChI is InChI=1S/C17H19N3O2/c1-11-8-9-18-17(19-11)20-16(21)12(2)22-15-7-6-13-4-3-5-14(13)10-15/h6-10,12H,3-5H2,1-2H3,(H,18,19,20,21)/t12-/m0/s1. The number of aromatic nitrogens is 2. The fourth-order valence-corrected chi connectivity index (χ4v) is 2.60. The minimum atomic E-state index is -0.608. The Balaban J connectivity index is 1.63. The highest BCUT2D eigenvalue weighted by Crippen LogP contribution is 2.26. The van der Waals surface area contributed by atoms with Crippen molar-refractivity contribution in [3.8, 4) is 5.75 Å². The molecule has 0 bridgehead atoms. The second-order valence-corrected chi connectivity index (χ2v) is 5.56. The van der Waals surface area contributed by atoms with Gasteiger partial charge in [-0.2, -0.15) is 0 Å². The van der Waals surface area contributed by atoms with Gasteiger partial charge in [0.2, 0.25) is 5.95 Å². The van der Waals surface area contributed by atoms with Crippen LogP contribution in [0.25, 0.3) is 0 Å². The number of benzene rings is 1. The van der Waals surface area contributed by atoms with Crippen molar-refractivity contribution in [3.63, 3.8) is 0 Å². The Morgan fingerprint density at radius 1 is 1.27 bits per heavy atom. The molecular weight excluding hydrogens is 278 g/mol. The molecule has 5 nitrogen and oxygen atoms in total. The van der Waals surface area contributed by atoms with Crippen LogP contribution in [0.2, 0.25) is 0 Å². The molecule has 1 amide bonds. The largest absolute Gasteiger partial charge is 0.481 e. The first-order chi connectivity index (χ1) is 10.6. The lowest BCUT2D eigenvalue weighted by Crippen LogP contribution is -2.30. The van der Waals surface area contributed by atoms with Crippen LogP contribution in [-0.4, -0.2) is 22.0 Å². The van der Waals surface area contributed by atoms with E-state index >= 15 is 0 Å². The predicted molar refractivity (Wildman–Crippen MR) is 84.0 cm³/mol. The summed E-state index contributed by atoms with van der Waals surface area (Å²) in [5.41, 5.74) is 3.52. The topological polar surface area (TPSA) is 64.1 Å². The second kappa shape index (κ2) is 6.13. The zero-order valence-corrected chi connectivity index (χ0v) is 12.8. The first-order valence-corrected chi connectivity index (χ1v) is 7.51. The number of hydrogen-bond acceptors (Lipinski definition) is 4. The monoisotopic (exact) mass is 297 g/mol. The van der Waals surface area contributed by atoms with Crippen molar-refractivity contribution in [2.45, 2.75) is 39.2 Å². The van der Waals surface area contributed by atoms with Crippen molar-refractivity contribution in [1.29, 1.82) is 0 Å². The molecule has 1 N–H and O–H groups in total. The Labute approximate surface area is 129 Å². The molecule has 5 heteroatoms. The van der Waals surface area contributed by atoms with Crippen molar-refractivity contribution < 1.29 is 9.53 Å². The Hall–Kier alpha value is -2.43. The van der Waals surface area contributed by atoms with E-state index in [-0.39, 0.29) is 5.91 Å². The van der Waals surface area contributed by atoms with Crippen LogP contribution >= 0.6 is 0 Å². The van der Waals surface area contributed by atoms with Gasteiger partial charge in [0.05, 0.1) is 0 Å². The Morgan fingerprint density at radius 3 is 2.91 bits per heavy atom. The summed E-state index contributed by atoms with van der Waals surface area (Å²) in [7, 11) is 0. The zero-order valence-electron chi connectivity index (χ0n) is 12.8. The van der Waals surface area contributed by atoms with E-state index in [4.69, 9.17) is 4.74 Å². The van der Waals surface area contributed by atoms with E-state index in [0.717, 1.165) is 24.3 Å². The fourth-order valence-electron chi connectivity index (χ4n) is 2.60. The molecular formula is C17H19N3O2. The molecule has 3 rings (SSSR count). The SMILES string of the molecule is Cc1ccnc(NC(=O)[C@H](C)Oc2ccc3c(c2)CCC3)n1. The van der Waals surface area contributed by atoms with Gasteiger partial charge in [-0.05, 0) is 62.4 Å². The molecule has 0 aliphatic heterocycles. The van der Waals surface area contributed by atoms with Crippen LogP contribution in [0, 0.1) is 6.92 Å². The molecule has 1 aromatic heterocycles. The van der Waals surface area contributed by atoms with Crippen molar-refractivity contribution >= 4 is 11.9 Å². The molecule has 0 spiro atoms. The number of carbonyl (C=O) groups is 1. The smallest absolute Gasteiger partial charge is 0.267 e. The molecule has 0 unspecified atom stereocenters. The van der Waals surface area contributed by atoms with Crippen molar-refractivity contribution in [3.05, 3.63) is 47.3 Å².